The summed E-state index contributed by atoms with van der Waals surface area (Å²) in [6.07, 6.45) is 0.314. The first-order valence-corrected chi connectivity index (χ1v) is 8.66. The number of aromatic nitrogens is 1. The van der Waals surface area contributed by atoms with E-state index >= 15 is 0 Å². The highest BCUT2D eigenvalue weighted by atomic mass is 35.5. The highest BCUT2D eigenvalue weighted by Gasteiger charge is 2.38. The number of hydrogen-bond acceptors (Lipinski definition) is 6. The number of anilines is 1. The van der Waals surface area contributed by atoms with Gasteiger partial charge < -0.3 is 15.2 Å². The Balaban J connectivity index is 1.83. The van der Waals surface area contributed by atoms with Crippen molar-refractivity contribution in [2.75, 3.05) is 25.2 Å². The molecule has 1 amide bonds. The molecule has 2 heterocycles. The van der Waals surface area contributed by atoms with Gasteiger partial charge in [-0.25, -0.2) is 18.6 Å². The van der Waals surface area contributed by atoms with Gasteiger partial charge in [-0.1, -0.05) is 23.2 Å². The van der Waals surface area contributed by atoms with E-state index in [4.69, 9.17) is 38.4 Å². The number of halogens is 4. The van der Waals surface area contributed by atoms with Gasteiger partial charge in [-0.15, -0.1) is 0 Å². The number of amides is 1. The molecule has 3 N–H and O–H groups in total. The normalized spacial score (nSPS) is 19.1. The molecule has 1 aromatic carbocycles. The predicted molar refractivity (Wildman–Crippen MR) is 100 cm³/mol. The zero-order valence-corrected chi connectivity index (χ0v) is 15.7. The molecule has 7 nitrogen and oxygen atoms in total. The summed E-state index contributed by atoms with van der Waals surface area (Å²) in [5, 5.41) is 2.69. The third kappa shape index (κ3) is 4.32. The molecule has 1 aromatic heterocycles. The fourth-order valence-electron chi connectivity index (χ4n) is 2.61. The Labute approximate surface area is 168 Å². The summed E-state index contributed by atoms with van der Waals surface area (Å²) in [6.45, 7) is -1.20. The summed E-state index contributed by atoms with van der Waals surface area (Å²) in [4.78, 5) is 19.9. The molecule has 1 aliphatic rings. The van der Waals surface area contributed by atoms with E-state index in [0.717, 1.165) is 6.07 Å². The van der Waals surface area contributed by atoms with Gasteiger partial charge in [-0.2, -0.15) is 0 Å². The van der Waals surface area contributed by atoms with Gasteiger partial charge in [0.2, 0.25) is 5.88 Å². The minimum absolute atomic E-state index is 0.0302. The average molecular weight is 431 g/mol. The lowest BCUT2D eigenvalue weighted by molar-refractivity contribution is 0.0809. The molecule has 0 spiro atoms. The van der Waals surface area contributed by atoms with Crippen LogP contribution in [0.2, 0.25) is 10.0 Å². The van der Waals surface area contributed by atoms with Crippen molar-refractivity contribution in [1.82, 2.24) is 4.98 Å². The molecular weight excluding hydrogens is 417 g/mol. The molecule has 1 aliphatic heterocycles. The van der Waals surface area contributed by atoms with Gasteiger partial charge in [0.1, 0.15) is 35.5 Å². The number of rotatable bonds is 4. The van der Waals surface area contributed by atoms with Crippen LogP contribution >= 0.6 is 23.2 Å². The number of pyridine rings is 1. The molecule has 11 heteroatoms. The number of nitrogens with two attached hydrogens (primary N) is 1. The quantitative estimate of drug-likeness (QED) is 0.770. The van der Waals surface area contributed by atoms with Gasteiger partial charge in [-0.3, -0.25) is 10.3 Å². The minimum Gasteiger partial charge on any atom is -0.389 e. The summed E-state index contributed by atoms with van der Waals surface area (Å²) in [5.41, 5.74) is 4.01. The Morgan fingerprint density at radius 1 is 1.39 bits per heavy atom. The first kappa shape index (κ1) is 20.2. The highest BCUT2D eigenvalue weighted by molar-refractivity contribution is 6.35. The molecule has 0 radical (unpaired) electrons. The van der Waals surface area contributed by atoms with Gasteiger partial charge in [-0.05, 0) is 24.3 Å². The van der Waals surface area contributed by atoms with Crippen molar-refractivity contribution >= 4 is 40.8 Å². The Morgan fingerprint density at radius 2 is 2.18 bits per heavy atom. The molecule has 3 rings (SSSR count). The number of amidine groups is 1. The summed E-state index contributed by atoms with van der Waals surface area (Å²) in [6, 6.07) is 4.93. The molecule has 148 valence electrons. The summed E-state index contributed by atoms with van der Waals surface area (Å²) in [7, 11) is 0. The van der Waals surface area contributed by atoms with Crippen LogP contribution in [0.15, 0.2) is 35.5 Å². The number of nitrogens with zero attached hydrogens (tertiary/aromatic N) is 2. The van der Waals surface area contributed by atoms with Crippen LogP contribution in [-0.2, 0) is 10.3 Å². The number of alkyl halides is 1. The lowest BCUT2D eigenvalue weighted by Crippen LogP contribution is -2.42. The van der Waals surface area contributed by atoms with Crippen LogP contribution in [0.25, 0.3) is 0 Å². The van der Waals surface area contributed by atoms with Crippen molar-refractivity contribution in [1.29, 1.82) is 0 Å². The monoisotopic (exact) mass is 430 g/mol. The predicted octanol–water partition coefficient (Wildman–Crippen LogP) is 3.69. The maximum atomic E-state index is 14.4. The van der Waals surface area contributed by atoms with Crippen molar-refractivity contribution in [3.05, 3.63) is 51.9 Å². The molecule has 0 fully saturated rings. The van der Waals surface area contributed by atoms with Crippen molar-refractivity contribution < 1.29 is 23.0 Å². The second-order valence-corrected chi connectivity index (χ2v) is 6.75. The fourth-order valence-corrected chi connectivity index (χ4v) is 3.03. The van der Waals surface area contributed by atoms with Gasteiger partial charge in [0, 0.05) is 17.4 Å². The number of hydrogen-bond donors (Lipinski definition) is 2. The maximum Gasteiger partial charge on any atom is 0.418 e. The Morgan fingerprint density at radius 3 is 2.86 bits per heavy atom. The second-order valence-electron chi connectivity index (χ2n) is 5.91. The standard InChI is InChI=1S/C17H14Cl2F2N4O3/c18-9-3-12(19)15(23-5-9)28-16(26)24-10-1-2-13(21)11(4-10)17(7-20)8-27-6-14(22)25-17/h1-5H,6-8H2,(H2,22,25)(H,24,26). The van der Waals surface area contributed by atoms with Gasteiger partial charge in [0.05, 0.1) is 11.6 Å². The van der Waals surface area contributed by atoms with Crippen LogP contribution in [0.1, 0.15) is 5.56 Å². The van der Waals surface area contributed by atoms with E-state index in [0.29, 0.717) is 0 Å². The maximum absolute atomic E-state index is 14.4. The fraction of sp³-hybridized carbons (Fsp3) is 0.235. The van der Waals surface area contributed by atoms with Crippen molar-refractivity contribution in [3.8, 4) is 5.88 Å². The van der Waals surface area contributed by atoms with Crippen LogP contribution in [0, 0.1) is 5.82 Å². The minimum atomic E-state index is -1.63. The first-order chi connectivity index (χ1) is 13.3. The molecule has 0 bridgehead atoms. The summed E-state index contributed by atoms with van der Waals surface area (Å²) in [5.74, 6) is -0.838. The number of carbonyl (C=O) groups is 1. The molecule has 28 heavy (non-hydrogen) atoms. The van der Waals surface area contributed by atoms with E-state index in [1.54, 1.807) is 0 Å². The lowest BCUT2D eigenvalue weighted by Gasteiger charge is -2.31. The van der Waals surface area contributed by atoms with Crippen LogP contribution in [0.3, 0.4) is 0 Å². The topological polar surface area (TPSA) is 98.8 Å². The van der Waals surface area contributed by atoms with Crippen LogP contribution in [0.4, 0.5) is 19.3 Å². The average Bonchev–Trinajstić information content (AvgIpc) is 2.65. The molecule has 1 atom stereocenters. The van der Waals surface area contributed by atoms with E-state index in [1.165, 1.54) is 24.4 Å². The van der Waals surface area contributed by atoms with E-state index in [-0.39, 0.29) is 46.2 Å². The largest absolute Gasteiger partial charge is 0.418 e. The van der Waals surface area contributed by atoms with Crippen molar-refractivity contribution in [2.45, 2.75) is 5.54 Å². The van der Waals surface area contributed by atoms with Crippen molar-refractivity contribution in [3.63, 3.8) is 0 Å². The third-order valence-corrected chi connectivity index (χ3v) is 4.32. The molecule has 0 saturated heterocycles. The van der Waals surface area contributed by atoms with E-state index in [9.17, 15) is 13.6 Å². The van der Waals surface area contributed by atoms with E-state index < -0.39 is 24.1 Å². The molecule has 0 saturated carbocycles. The Hall–Kier alpha value is -2.49. The van der Waals surface area contributed by atoms with E-state index in [1.807, 2.05) is 0 Å². The molecular formula is C17H14Cl2F2N4O3. The molecule has 0 aliphatic carbocycles. The third-order valence-electron chi connectivity index (χ3n) is 3.85. The number of ether oxygens (including phenoxy) is 2. The summed E-state index contributed by atoms with van der Waals surface area (Å²) >= 11 is 11.6. The lowest BCUT2D eigenvalue weighted by atomic mass is 9.91. The zero-order chi connectivity index (χ0) is 20.3. The summed E-state index contributed by atoms with van der Waals surface area (Å²) < 4.78 is 38.4. The van der Waals surface area contributed by atoms with Crippen LogP contribution in [0.5, 0.6) is 5.88 Å². The molecule has 2 aromatic rings. The highest BCUT2D eigenvalue weighted by Crippen LogP contribution is 2.33. The van der Waals surface area contributed by atoms with Crippen LogP contribution in [-0.4, -0.2) is 36.8 Å². The number of nitrogens with one attached hydrogen (secondary N) is 1. The Bertz CT molecular complexity index is 945. The van der Waals surface area contributed by atoms with Gasteiger partial charge >= 0.3 is 6.09 Å². The smallest absolute Gasteiger partial charge is 0.389 e. The SMILES string of the molecule is NC1=NC(CF)(c2cc(NC(=O)Oc3ncc(Cl)cc3Cl)ccc2F)COC1. The molecule has 1 unspecified atom stereocenters. The van der Waals surface area contributed by atoms with Gasteiger partial charge in [0.15, 0.2) is 0 Å². The first-order valence-electron chi connectivity index (χ1n) is 7.91. The zero-order valence-electron chi connectivity index (χ0n) is 14.2. The Kier molecular flexibility index (Phi) is 5.97. The van der Waals surface area contributed by atoms with E-state index in [2.05, 4.69) is 15.3 Å². The van der Waals surface area contributed by atoms with Crippen LogP contribution < -0.4 is 15.8 Å². The number of aliphatic imine (C=N–C) groups is 1. The number of benzene rings is 1. The van der Waals surface area contributed by atoms with Crippen molar-refractivity contribution in [2.24, 2.45) is 10.7 Å². The van der Waals surface area contributed by atoms with Gasteiger partial charge in [0.25, 0.3) is 0 Å². The number of carbonyl (C=O) groups excluding carboxylic acids is 1. The second kappa shape index (κ2) is 8.26.